The number of para-hydroxylation sites is 1. The number of methoxy groups -OCH3 is 1. The first-order chi connectivity index (χ1) is 16.0. The third kappa shape index (κ3) is 5.42. The molecule has 0 fully saturated rings. The molecule has 4 aromatic rings. The van der Waals surface area contributed by atoms with E-state index >= 15 is 0 Å². The van der Waals surface area contributed by atoms with Gasteiger partial charge in [0, 0.05) is 22.2 Å². The van der Waals surface area contributed by atoms with Crippen molar-refractivity contribution >= 4 is 38.7 Å². The average Bonchev–Trinajstić information content (AvgIpc) is 2.83. The van der Waals surface area contributed by atoms with E-state index in [9.17, 15) is 8.42 Å². The minimum atomic E-state index is -3.80. The number of fused-ring (bicyclic) bond motifs is 1. The van der Waals surface area contributed by atoms with E-state index in [-0.39, 0.29) is 11.5 Å². The van der Waals surface area contributed by atoms with Crippen LogP contribution < -0.4 is 14.3 Å². The third-order valence-electron chi connectivity index (χ3n) is 4.79. The fourth-order valence-corrected chi connectivity index (χ4v) is 4.09. The Kier molecular flexibility index (Phi) is 6.76. The molecule has 1 aromatic heterocycles. The molecule has 3 aromatic carbocycles. The number of nitrogens with zero attached hydrogens (tertiary/aromatic N) is 2. The predicted molar refractivity (Wildman–Crippen MR) is 128 cm³/mol. The number of sulfonamides is 1. The first kappa shape index (κ1) is 22.6. The standard InChI is InChI=1S/C24H20ClN3O4S/c1-31-22-12-7-17(15-27-28-33(29,30)21-10-8-20(25)9-11-21)14-19(22)16-32-23-6-2-4-18-5-3-13-26-24(18)23/h2-15,28H,16H2,1H3/b27-15+. The van der Waals surface area contributed by atoms with Crippen molar-refractivity contribution in [3.63, 3.8) is 0 Å². The van der Waals surface area contributed by atoms with Gasteiger partial charge in [-0.1, -0.05) is 29.8 Å². The lowest BCUT2D eigenvalue weighted by atomic mass is 10.1. The van der Waals surface area contributed by atoms with Crippen molar-refractivity contribution in [1.82, 2.24) is 9.82 Å². The van der Waals surface area contributed by atoms with E-state index in [4.69, 9.17) is 21.1 Å². The Bertz CT molecular complexity index is 1400. The van der Waals surface area contributed by atoms with Gasteiger partial charge < -0.3 is 9.47 Å². The molecule has 0 atom stereocenters. The summed E-state index contributed by atoms with van der Waals surface area (Å²) in [5.74, 6) is 1.30. The summed E-state index contributed by atoms with van der Waals surface area (Å²) in [5, 5.41) is 5.31. The Hall–Kier alpha value is -3.62. The normalized spacial score (nSPS) is 11.6. The zero-order chi connectivity index (χ0) is 23.3. The van der Waals surface area contributed by atoms with Gasteiger partial charge in [0.05, 0.1) is 18.2 Å². The second kappa shape index (κ2) is 9.89. The fourth-order valence-electron chi connectivity index (χ4n) is 3.18. The van der Waals surface area contributed by atoms with Gasteiger partial charge in [0.25, 0.3) is 10.0 Å². The van der Waals surface area contributed by atoms with Crippen LogP contribution in [0.1, 0.15) is 11.1 Å². The van der Waals surface area contributed by atoms with Crippen LogP contribution in [-0.2, 0) is 16.6 Å². The van der Waals surface area contributed by atoms with Crippen molar-refractivity contribution in [2.75, 3.05) is 7.11 Å². The van der Waals surface area contributed by atoms with Crippen molar-refractivity contribution in [3.8, 4) is 11.5 Å². The Morgan fingerprint density at radius 2 is 1.82 bits per heavy atom. The monoisotopic (exact) mass is 481 g/mol. The molecule has 0 spiro atoms. The number of pyridine rings is 1. The number of nitrogens with one attached hydrogen (secondary N) is 1. The van der Waals surface area contributed by atoms with E-state index in [1.54, 1.807) is 25.4 Å². The van der Waals surface area contributed by atoms with Gasteiger partial charge in [-0.05, 0) is 60.2 Å². The summed E-state index contributed by atoms with van der Waals surface area (Å²) in [6.07, 6.45) is 3.13. The lowest BCUT2D eigenvalue weighted by molar-refractivity contribution is 0.299. The van der Waals surface area contributed by atoms with Crippen molar-refractivity contribution in [2.24, 2.45) is 5.10 Å². The summed E-state index contributed by atoms with van der Waals surface area (Å²) in [6.45, 7) is 0.233. The molecule has 0 aliphatic carbocycles. The Morgan fingerprint density at radius 3 is 2.61 bits per heavy atom. The molecule has 4 rings (SSSR count). The third-order valence-corrected chi connectivity index (χ3v) is 6.28. The molecule has 0 aliphatic rings. The highest BCUT2D eigenvalue weighted by atomic mass is 35.5. The second-order valence-electron chi connectivity index (χ2n) is 7.00. The second-order valence-corrected chi connectivity index (χ2v) is 9.10. The van der Waals surface area contributed by atoms with Crippen LogP contribution >= 0.6 is 11.6 Å². The summed E-state index contributed by atoms with van der Waals surface area (Å²) in [5.41, 5.74) is 2.22. The van der Waals surface area contributed by atoms with Gasteiger partial charge in [0.2, 0.25) is 0 Å². The molecule has 0 bridgehead atoms. The Balaban J connectivity index is 1.50. The molecule has 7 nitrogen and oxygen atoms in total. The SMILES string of the molecule is COc1ccc(/C=N/NS(=O)(=O)c2ccc(Cl)cc2)cc1COc1cccc2cccnc12. The Morgan fingerprint density at radius 1 is 1.03 bits per heavy atom. The van der Waals surface area contributed by atoms with E-state index in [0.717, 1.165) is 16.5 Å². The number of hydrogen-bond donors (Lipinski definition) is 1. The van der Waals surface area contributed by atoms with Gasteiger partial charge in [-0.2, -0.15) is 13.5 Å². The van der Waals surface area contributed by atoms with Crippen molar-refractivity contribution in [1.29, 1.82) is 0 Å². The van der Waals surface area contributed by atoms with E-state index in [2.05, 4.69) is 14.9 Å². The smallest absolute Gasteiger partial charge is 0.276 e. The maximum atomic E-state index is 12.4. The number of benzene rings is 3. The molecular weight excluding hydrogens is 462 g/mol. The molecule has 0 aliphatic heterocycles. The lowest BCUT2D eigenvalue weighted by Crippen LogP contribution is -2.18. The lowest BCUT2D eigenvalue weighted by Gasteiger charge is -2.12. The van der Waals surface area contributed by atoms with Gasteiger partial charge in [-0.25, -0.2) is 4.83 Å². The number of hydrazone groups is 1. The highest BCUT2D eigenvalue weighted by Crippen LogP contribution is 2.26. The summed E-state index contributed by atoms with van der Waals surface area (Å²) >= 11 is 5.81. The van der Waals surface area contributed by atoms with Crippen LogP contribution in [-0.4, -0.2) is 26.7 Å². The molecule has 0 unspecified atom stereocenters. The van der Waals surface area contributed by atoms with Gasteiger partial charge in [0.1, 0.15) is 23.6 Å². The maximum absolute atomic E-state index is 12.4. The number of ether oxygens (including phenoxy) is 2. The molecule has 1 N–H and O–H groups in total. The van der Waals surface area contributed by atoms with Crippen LogP contribution in [0.2, 0.25) is 5.02 Å². The molecule has 0 radical (unpaired) electrons. The number of halogens is 1. The van der Waals surface area contributed by atoms with Crippen LogP contribution in [0, 0.1) is 0 Å². The van der Waals surface area contributed by atoms with Crippen molar-refractivity contribution in [2.45, 2.75) is 11.5 Å². The zero-order valence-electron chi connectivity index (χ0n) is 17.6. The molecule has 0 amide bonds. The van der Waals surface area contributed by atoms with E-state index in [0.29, 0.717) is 22.1 Å². The van der Waals surface area contributed by atoms with Gasteiger partial charge >= 0.3 is 0 Å². The molecule has 33 heavy (non-hydrogen) atoms. The van der Waals surface area contributed by atoms with Crippen LogP contribution in [0.15, 0.2) is 89.0 Å². The number of rotatable bonds is 8. The highest BCUT2D eigenvalue weighted by Gasteiger charge is 2.12. The topological polar surface area (TPSA) is 89.9 Å². The summed E-state index contributed by atoms with van der Waals surface area (Å²) in [4.78, 5) is 6.66. The molecule has 0 saturated heterocycles. The fraction of sp³-hybridized carbons (Fsp3) is 0.0833. The zero-order valence-corrected chi connectivity index (χ0v) is 19.2. The molecule has 0 saturated carbocycles. The first-order valence-electron chi connectivity index (χ1n) is 9.90. The molecule has 1 heterocycles. The maximum Gasteiger partial charge on any atom is 0.276 e. The van der Waals surface area contributed by atoms with Crippen LogP contribution in [0.4, 0.5) is 0 Å². The Labute approximate surface area is 196 Å². The van der Waals surface area contributed by atoms with E-state index < -0.39 is 10.0 Å². The van der Waals surface area contributed by atoms with Crippen molar-refractivity contribution < 1.29 is 17.9 Å². The van der Waals surface area contributed by atoms with Gasteiger partial charge in [0.15, 0.2) is 0 Å². The minimum Gasteiger partial charge on any atom is -0.496 e. The van der Waals surface area contributed by atoms with Crippen LogP contribution in [0.5, 0.6) is 11.5 Å². The van der Waals surface area contributed by atoms with Gasteiger partial charge in [-0.15, -0.1) is 0 Å². The largest absolute Gasteiger partial charge is 0.496 e. The summed E-state index contributed by atoms with van der Waals surface area (Å²) in [6, 6.07) is 20.8. The van der Waals surface area contributed by atoms with Crippen molar-refractivity contribution in [3.05, 3.63) is 95.1 Å². The van der Waals surface area contributed by atoms with E-state index in [1.165, 1.54) is 30.5 Å². The predicted octanol–water partition coefficient (Wildman–Crippen LogP) is 4.79. The molecular formula is C24H20ClN3O4S. The first-order valence-corrected chi connectivity index (χ1v) is 11.8. The molecule has 168 valence electrons. The highest BCUT2D eigenvalue weighted by molar-refractivity contribution is 7.89. The summed E-state index contributed by atoms with van der Waals surface area (Å²) < 4.78 is 36.2. The quantitative estimate of drug-likeness (QED) is 0.289. The summed E-state index contributed by atoms with van der Waals surface area (Å²) in [7, 11) is -2.22. The molecule has 9 heteroatoms. The van der Waals surface area contributed by atoms with Crippen LogP contribution in [0.3, 0.4) is 0 Å². The minimum absolute atomic E-state index is 0.0663. The van der Waals surface area contributed by atoms with Crippen LogP contribution in [0.25, 0.3) is 10.9 Å². The average molecular weight is 482 g/mol. The number of aromatic nitrogens is 1. The van der Waals surface area contributed by atoms with Gasteiger partial charge in [-0.3, -0.25) is 4.98 Å². The van der Waals surface area contributed by atoms with E-state index in [1.807, 2.05) is 36.4 Å². The number of hydrogen-bond acceptors (Lipinski definition) is 6.